The second-order valence-electron chi connectivity index (χ2n) is 6.64. The first-order chi connectivity index (χ1) is 13.7. The van der Waals surface area contributed by atoms with E-state index in [9.17, 15) is 10.1 Å². The van der Waals surface area contributed by atoms with Gasteiger partial charge in [-0.2, -0.15) is 5.26 Å². The number of carbonyl (C=O) groups is 1. The lowest BCUT2D eigenvalue weighted by molar-refractivity contribution is 0.102. The van der Waals surface area contributed by atoms with E-state index in [4.69, 9.17) is 16.6 Å². The summed E-state index contributed by atoms with van der Waals surface area (Å²) in [6.07, 6.45) is 2.86. The highest BCUT2D eigenvalue weighted by Crippen LogP contribution is 2.38. The molecule has 0 bridgehead atoms. The lowest BCUT2D eigenvalue weighted by Crippen LogP contribution is -2.05. The number of halogens is 1. The van der Waals surface area contributed by atoms with Gasteiger partial charge in [0.25, 0.3) is 0 Å². The maximum absolute atomic E-state index is 12.5. The summed E-state index contributed by atoms with van der Waals surface area (Å²) >= 11 is 7.39. The van der Waals surface area contributed by atoms with E-state index in [0.29, 0.717) is 21.2 Å². The number of ketones is 1. The smallest absolute Gasteiger partial charge is 0.173 e. The van der Waals surface area contributed by atoms with E-state index in [0.717, 1.165) is 41.6 Å². The molecule has 0 unspecified atom stereocenters. The molecule has 3 nitrogen and oxygen atoms in total. The Kier molecular flexibility index (Phi) is 5.47. The minimum atomic E-state index is 0.0323. The number of rotatable bonds is 5. The maximum atomic E-state index is 12.5. The lowest BCUT2D eigenvalue weighted by Gasteiger charge is -2.14. The summed E-state index contributed by atoms with van der Waals surface area (Å²) in [7, 11) is 0. The van der Waals surface area contributed by atoms with Crippen molar-refractivity contribution < 1.29 is 4.79 Å². The Bertz CT molecular complexity index is 1070. The molecule has 0 radical (unpaired) electrons. The fourth-order valence-corrected chi connectivity index (χ4v) is 4.57. The van der Waals surface area contributed by atoms with Gasteiger partial charge in [-0.25, -0.2) is 4.98 Å². The number of carbonyl (C=O) groups excluding carboxylic acids is 1. The van der Waals surface area contributed by atoms with Crippen LogP contribution in [0.5, 0.6) is 0 Å². The van der Waals surface area contributed by atoms with E-state index in [1.54, 1.807) is 0 Å². The molecule has 28 heavy (non-hydrogen) atoms. The van der Waals surface area contributed by atoms with Crippen molar-refractivity contribution in [2.75, 3.05) is 5.75 Å². The van der Waals surface area contributed by atoms with Crippen LogP contribution < -0.4 is 0 Å². The zero-order valence-electron chi connectivity index (χ0n) is 15.1. The van der Waals surface area contributed by atoms with E-state index in [2.05, 4.69) is 6.07 Å². The number of nitrogens with zero attached hydrogens (tertiary/aromatic N) is 2. The van der Waals surface area contributed by atoms with Crippen molar-refractivity contribution in [3.05, 3.63) is 82.0 Å². The number of aromatic nitrogens is 1. The van der Waals surface area contributed by atoms with Gasteiger partial charge in [0.2, 0.25) is 0 Å². The van der Waals surface area contributed by atoms with Gasteiger partial charge in [-0.15, -0.1) is 0 Å². The minimum absolute atomic E-state index is 0.0323. The van der Waals surface area contributed by atoms with Crippen molar-refractivity contribution in [1.29, 1.82) is 5.26 Å². The number of pyridine rings is 1. The van der Waals surface area contributed by atoms with Gasteiger partial charge in [0.1, 0.15) is 11.1 Å². The maximum Gasteiger partial charge on any atom is 0.173 e. The van der Waals surface area contributed by atoms with E-state index < -0.39 is 0 Å². The molecule has 0 atom stereocenters. The van der Waals surface area contributed by atoms with Crippen molar-refractivity contribution in [3.63, 3.8) is 0 Å². The van der Waals surface area contributed by atoms with Gasteiger partial charge < -0.3 is 0 Å². The van der Waals surface area contributed by atoms with Gasteiger partial charge in [0.05, 0.1) is 11.3 Å². The van der Waals surface area contributed by atoms with Crippen LogP contribution in [0.4, 0.5) is 0 Å². The van der Waals surface area contributed by atoms with Gasteiger partial charge in [0, 0.05) is 21.8 Å². The monoisotopic (exact) mass is 404 g/mol. The van der Waals surface area contributed by atoms with Crippen LogP contribution in [0, 0.1) is 11.3 Å². The van der Waals surface area contributed by atoms with Crippen molar-refractivity contribution in [3.8, 4) is 17.2 Å². The number of Topliss-reactive ketones (excluding diaryl/α,β-unsaturated/α-hetero) is 1. The molecule has 1 aromatic heterocycles. The molecular formula is C23H17ClN2OS. The number of aryl methyl sites for hydroxylation is 1. The number of nitriles is 1. The molecule has 0 amide bonds. The fraction of sp³-hybridized carbons (Fsp3) is 0.174. The van der Waals surface area contributed by atoms with Crippen molar-refractivity contribution in [2.45, 2.75) is 24.3 Å². The first-order valence-corrected chi connectivity index (χ1v) is 10.5. The molecule has 0 aliphatic heterocycles. The molecule has 0 saturated carbocycles. The number of benzene rings is 2. The van der Waals surface area contributed by atoms with Crippen molar-refractivity contribution in [1.82, 2.24) is 4.98 Å². The summed E-state index contributed by atoms with van der Waals surface area (Å²) in [6, 6.07) is 19.1. The summed E-state index contributed by atoms with van der Waals surface area (Å²) < 4.78 is 0. The topological polar surface area (TPSA) is 53.8 Å². The molecule has 0 spiro atoms. The van der Waals surface area contributed by atoms with Crippen LogP contribution in [0.1, 0.15) is 33.6 Å². The molecule has 138 valence electrons. The van der Waals surface area contributed by atoms with Crippen LogP contribution in [0.25, 0.3) is 11.1 Å². The number of fused-ring (bicyclic) bond motifs is 1. The largest absolute Gasteiger partial charge is 0.293 e. The molecule has 3 aromatic rings. The Morgan fingerprint density at radius 2 is 1.86 bits per heavy atom. The fourth-order valence-electron chi connectivity index (χ4n) is 3.54. The van der Waals surface area contributed by atoms with Crippen LogP contribution in [0.2, 0.25) is 5.02 Å². The average Bonchev–Trinajstić information content (AvgIpc) is 3.20. The third-order valence-corrected chi connectivity index (χ3v) is 6.10. The highest BCUT2D eigenvalue weighted by molar-refractivity contribution is 8.00. The van der Waals surface area contributed by atoms with Crippen LogP contribution in [-0.2, 0) is 12.8 Å². The zero-order valence-corrected chi connectivity index (χ0v) is 16.7. The minimum Gasteiger partial charge on any atom is -0.293 e. The van der Waals surface area contributed by atoms with Crippen LogP contribution in [0.3, 0.4) is 0 Å². The number of hydrogen-bond acceptors (Lipinski definition) is 4. The highest BCUT2D eigenvalue weighted by atomic mass is 35.5. The molecule has 0 fully saturated rings. The Labute approximate surface area is 173 Å². The molecule has 1 heterocycles. The van der Waals surface area contributed by atoms with Crippen molar-refractivity contribution >= 4 is 29.1 Å². The molecule has 0 saturated heterocycles. The predicted molar refractivity (Wildman–Crippen MR) is 113 cm³/mol. The molecule has 1 aliphatic rings. The SMILES string of the molecule is N#Cc1c(SCC(=O)c2ccccc2)nc2c(c1-c1ccc(Cl)cc1)CCC2. The molecule has 5 heteroatoms. The molecule has 0 N–H and O–H groups in total. The summed E-state index contributed by atoms with van der Waals surface area (Å²) in [5.74, 6) is 0.287. The van der Waals surface area contributed by atoms with Gasteiger partial charge in [-0.1, -0.05) is 65.8 Å². The Hall–Kier alpha value is -2.61. The predicted octanol–water partition coefficient (Wildman–Crippen LogP) is 5.74. The Morgan fingerprint density at radius 3 is 2.57 bits per heavy atom. The van der Waals surface area contributed by atoms with E-state index in [-0.39, 0.29) is 11.5 Å². The number of thioether (sulfide) groups is 1. The summed E-state index contributed by atoms with van der Waals surface area (Å²) in [6.45, 7) is 0. The van der Waals surface area contributed by atoms with Gasteiger partial charge >= 0.3 is 0 Å². The highest BCUT2D eigenvalue weighted by Gasteiger charge is 2.24. The summed E-state index contributed by atoms with van der Waals surface area (Å²) in [5, 5.41) is 11.2. The van der Waals surface area contributed by atoms with Gasteiger partial charge in [-0.05, 0) is 42.5 Å². The van der Waals surface area contributed by atoms with E-state index >= 15 is 0 Å². The van der Waals surface area contributed by atoms with E-state index in [1.807, 2.05) is 54.6 Å². The molecular weight excluding hydrogens is 388 g/mol. The van der Waals surface area contributed by atoms with Crippen LogP contribution in [0.15, 0.2) is 59.6 Å². The Morgan fingerprint density at radius 1 is 1.11 bits per heavy atom. The second kappa shape index (κ2) is 8.18. The third-order valence-electron chi connectivity index (χ3n) is 4.87. The van der Waals surface area contributed by atoms with Crippen LogP contribution in [-0.4, -0.2) is 16.5 Å². The molecule has 4 rings (SSSR count). The zero-order chi connectivity index (χ0) is 19.5. The second-order valence-corrected chi connectivity index (χ2v) is 8.04. The van der Waals surface area contributed by atoms with Gasteiger partial charge in [0.15, 0.2) is 5.78 Å². The van der Waals surface area contributed by atoms with E-state index in [1.165, 1.54) is 11.8 Å². The first kappa shape index (κ1) is 18.7. The quantitative estimate of drug-likeness (QED) is 0.402. The standard InChI is InChI=1S/C23H17ClN2OS/c24-17-11-9-16(10-12-17)22-18-7-4-8-20(18)26-23(19(22)13-25)28-14-21(27)15-5-2-1-3-6-15/h1-3,5-6,9-12H,4,7-8,14H2. The third kappa shape index (κ3) is 3.69. The van der Waals surface area contributed by atoms with Crippen LogP contribution >= 0.6 is 23.4 Å². The Balaban J connectivity index is 1.72. The summed E-state index contributed by atoms with van der Waals surface area (Å²) in [5.41, 5.74) is 5.33. The summed E-state index contributed by atoms with van der Waals surface area (Å²) in [4.78, 5) is 17.3. The van der Waals surface area contributed by atoms with Gasteiger partial charge in [-0.3, -0.25) is 4.79 Å². The molecule has 1 aliphatic carbocycles. The normalized spacial score (nSPS) is 12.4. The lowest BCUT2D eigenvalue weighted by atomic mass is 9.95. The number of hydrogen-bond donors (Lipinski definition) is 0. The molecule has 2 aromatic carbocycles. The first-order valence-electron chi connectivity index (χ1n) is 9.10. The van der Waals surface area contributed by atoms with Crippen molar-refractivity contribution in [2.24, 2.45) is 0 Å². The average molecular weight is 405 g/mol.